The Morgan fingerprint density at radius 2 is 2.11 bits per heavy atom. The quantitative estimate of drug-likeness (QED) is 0.893. The number of ether oxygens (including phenoxy) is 1. The molecule has 1 atom stereocenters. The van der Waals surface area contributed by atoms with Gasteiger partial charge in [-0.3, -0.25) is 0 Å². The van der Waals surface area contributed by atoms with Gasteiger partial charge in [-0.1, -0.05) is 19.3 Å². The molecule has 100 valence electrons. The summed E-state index contributed by atoms with van der Waals surface area (Å²) in [6.07, 6.45) is 6.83. The van der Waals surface area contributed by atoms with Crippen molar-refractivity contribution in [1.29, 1.82) is 0 Å². The fourth-order valence-electron chi connectivity index (χ4n) is 3.01. The first-order valence-electron chi connectivity index (χ1n) is 7.13. The minimum Gasteiger partial charge on any atom is -0.378 e. The molecule has 4 heteroatoms. The standard InChI is InChI=1S/C14H22N2OS/c1-10-13(12-9-17-8-7-15-12)18-14(16-10)11-5-3-2-4-6-11/h11-12,15H,2-9H2,1H3. The summed E-state index contributed by atoms with van der Waals surface area (Å²) >= 11 is 1.92. The van der Waals surface area contributed by atoms with Gasteiger partial charge >= 0.3 is 0 Å². The van der Waals surface area contributed by atoms with Crippen LogP contribution in [-0.4, -0.2) is 24.7 Å². The molecular formula is C14H22N2OS. The molecule has 1 saturated heterocycles. The van der Waals surface area contributed by atoms with Crippen LogP contribution in [-0.2, 0) is 4.74 Å². The average Bonchev–Trinajstić information content (AvgIpc) is 2.83. The summed E-state index contributed by atoms with van der Waals surface area (Å²) in [7, 11) is 0. The van der Waals surface area contributed by atoms with Crippen LogP contribution in [0.2, 0.25) is 0 Å². The first kappa shape index (κ1) is 12.6. The summed E-state index contributed by atoms with van der Waals surface area (Å²) in [5, 5.41) is 4.91. The monoisotopic (exact) mass is 266 g/mol. The minimum atomic E-state index is 0.369. The second-order valence-electron chi connectivity index (χ2n) is 5.42. The van der Waals surface area contributed by atoms with E-state index in [9.17, 15) is 0 Å². The molecule has 18 heavy (non-hydrogen) atoms. The van der Waals surface area contributed by atoms with Crippen LogP contribution < -0.4 is 5.32 Å². The number of hydrogen-bond donors (Lipinski definition) is 1. The zero-order valence-electron chi connectivity index (χ0n) is 11.1. The van der Waals surface area contributed by atoms with E-state index in [-0.39, 0.29) is 0 Å². The van der Waals surface area contributed by atoms with Crippen molar-refractivity contribution in [2.45, 2.75) is 51.0 Å². The van der Waals surface area contributed by atoms with Crippen LogP contribution in [0.3, 0.4) is 0 Å². The summed E-state index contributed by atoms with van der Waals surface area (Å²) in [6, 6.07) is 0.369. The number of nitrogens with one attached hydrogen (secondary N) is 1. The smallest absolute Gasteiger partial charge is 0.0962 e. The van der Waals surface area contributed by atoms with Crippen molar-refractivity contribution in [3.8, 4) is 0 Å². The Labute approximate surface area is 113 Å². The van der Waals surface area contributed by atoms with E-state index in [2.05, 4.69) is 12.2 Å². The number of thiazole rings is 1. The summed E-state index contributed by atoms with van der Waals surface area (Å²) in [5.74, 6) is 0.723. The van der Waals surface area contributed by atoms with E-state index in [0.29, 0.717) is 6.04 Å². The molecule has 0 bridgehead atoms. The van der Waals surface area contributed by atoms with Gasteiger partial charge in [-0.05, 0) is 19.8 Å². The predicted octanol–water partition coefficient (Wildman–Crippen LogP) is 3.16. The van der Waals surface area contributed by atoms with Crippen LogP contribution in [0, 0.1) is 6.92 Å². The molecule has 1 N–H and O–H groups in total. The van der Waals surface area contributed by atoms with Crippen molar-refractivity contribution in [3.05, 3.63) is 15.6 Å². The predicted molar refractivity (Wildman–Crippen MR) is 74.2 cm³/mol. The molecule has 0 amide bonds. The SMILES string of the molecule is Cc1nc(C2CCCCC2)sc1C1COCCN1. The highest BCUT2D eigenvalue weighted by Gasteiger charge is 2.24. The van der Waals surface area contributed by atoms with Crippen molar-refractivity contribution in [1.82, 2.24) is 10.3 Å². The first-order valence-corrected chi connectivity index (χ1v) is 7.94. The molecule has 2 heterocycles. The third-order valence-corrected chi connectivity index (χ3v) is 5.48. The third kappa shape index (κ3) is 2.60. The van der Waals surface area contributed by atoms with E-state index < -0.39 is 0 Å². The Balaban J connectivity index is 1.76. The molecule has 3 nitrogen and oxygen atoms in total. The molecule has 0 aromatic carbocycles. The zero-order valence-corrected chi connectivity index (χ0v) is 11.9. The molecule has 1 aromatic heterocycles. The van der Waals surface area contributed by atoms with Gasteiger partial charge in [-0.2, -0.15) is 0 Å². The van der Waals surface area contributed by atoms with E-state index in [0.717, 1.165) is 25.7 Å². The summed E-state index contributed by atoms with van der Waals surface area (Å²) in [6.45, 7) is 4.74. The molecule has 1 saturated carbocycles. The second kappa shape index (κ2) is 5.68. The largest absolute Gasteiger partial charge is 0.378 e. The number of rotatable bonds is 2. The molecule has 1 aliphatic heterocycles. The van der Waals surface area contributed by atoms with E-state index in [1.54, 1.807) is 0 Å². The van der Waals surface area contributed by atoms with E-state index in [1.807, 2.05) is 11.3 Å². The van der Waals surface area contributed by atoms with Gasteiger partial charge in [-0.15, -0.1) is 11.3 Å². The van der Waals surface area contributed by atoms with Crippen molar-refractivity contribution in [2.75, 3.05) is 19.8 Å². The van der Waals surface area contributed by atoms with Crippen LogP contribution >= 0.6 is 11.3 Å². The fourth-order valence-corrected chi connectivity index (χ4v) is 4.31. The van der Waals surface area contributed by atoms with Crippen LogP contribution in [0.4, 0.5) is 0 Å². The molecule has 1 unspecified atom stereocenters. The third-order valence-electron chi connectivity index (χ3n) is 4.04. The van der Waals surface area contributed by atoms with Crippen molar-refractivity contribution < 1.29 is 4.74 Å². The van der Waals surface area contributed by atoms with Crippen LogP contribution in [0.25, 0.3) is 0 Å². The highest BCUT2D eigenvalue weighted by Crippen LogP contribution is 2.37. The highest BCUT2D eigenvalue weighted by atomic mass is 32.1. The summed E-state index contributed by atoms with van der Waals surface area (Å²) in [5.41, 5.74) is 1.21. The molecule has 2 fully saturated rings. The van der Waals surface area contributed by atoms with Crippen molar-refractivity contribution in [2.24, 2.45) is 0 Å². The number of hydrogen-bond acceptors (Lipinski definition) is 4. The van der Waals surface area contributed by atoms with Gasteiger partial charge in [-0.25, -0.2) is 4.98 Å². The van der Waals surface area contributed by atoms with Crippen LogP contribution in [0.5, 0.6) is 0 Å². The molecule has 2 aliphatic rings. The number of nitrogens with zero attached hydrogens (tertiary/aromatic N) is 1. The number of aryl methyl sites for hydroxylation is 1. The van der Waals surface area contributed by atoms with Gasteiger partial charge in [0.15, 0.2) is 0 Å². The Hall–Kier alpha value is -0.450. The Bertz CT molecular complexity index is 392. The Kier molecular flexibility index (Phi) is 3.97. The lowest BCUT2D eigenvalue weighted by Crippen LogP contribution is -2.34. The molecule has 0 radical (unpaired) electrons. The van der Waals surface area contributed by atoms with Crippen molar-refractivity contribution in [3.63, 3.8) is 0 Å². The molecule has 0 spiro atoms. The molecular weight excluding hydrogens is 244 g/mol. The lowest BCUT2D eigenvalue weighted by molar-refractivity contribution is 0.0777. The van der Waals surface area contributed by atoms with Gasteiger partial charge in [0, 0.05) is 17.3 Å². The zero-order chi connectivity index (χ0) is 12.4. The maximum Gasteiger partial charge on any atom is 0.0962 e. The van der Waals surface area contributed by atoms with Crippen LogP contribution in [0.15, 0.2) is 0 Å². The van der Waals surface area contributed by atoms with Gasteiger partial charge in [0.2, 0.25) is 0 Å². The lowest BCUT2D eigenvalue weighted by atomic mass is 9.90. The molecule has 1 aliphatic carbocycles. The van der Waals surface area contributed by atoms with Crippen LogP contribution in [0.1, 0.15) is 59.6 Å². The number of aromatic nitrogens is 1. The molecule has 1 aromatic rings. The number of morpholine rings is 1. The van der Waals surface area contributed by atoms with E-state index in [1.165, 1.54) is 47.7 Å². The normalized spacial score (nSPS) is 26.4. The van der Waals surface area contributed by atoms with E-state index >= 15 is 0 Å². The highest BCUT2D eigenvalue weighted by molar-refractivity contribution is 7.11. The molecule has 3 rings (SSSR count). The fraction of sp³-hybridized carbons (Fsp3) is 0.786. The second-order valence-corrected chi connectivity index (χ2v) is 6.48. The van der Waals surface area contributed by atoms with Gasteiger partial charge in [0.25, 0.3) is 0 Å². The minimum absolute atomic E-state index is 0.369. The topological polar surface area (TPSA) is 34.1 Å². The Morgan fingerprint density at radius 3 is 2.83 bits per heavy atom. The van der Waals surface area contributed by atoms with Gasteiger partial charge in [0.05, 0.1) is 30.0 Å². The maximum atomic E-state index is 5.56. The summed E-state index contributed by atoms with van der Waals surface area (Å²) in [4.78, 5) is 6.23. The summed E-state index contributed by atoms with van der Waals surface area (Å²) < 4.78 is 5.56. The van der Waals surface area contributed by atoms with Gasteiger partial charge in [0.1, 0.15) is 0 Å². The lowest BCUT2D eigenvalue weighted by Gasteiger charge is -2.23. The van der Waals surface area contributed by atoms with Gasteiger partial charge < -0.3 is 10.1 Å². The van der Waals surface area contributed by atoms with Crippen molar-refractivity contribution >= 4 is 11.3 Å². The average molecular weight is 266 g/mol. The maximum absolute atomic E-state index is 5.56. The Morgan fingerprint density at radius 1 is 1.28 bits per heavy atom. The van der Waals surface area contributed by atoms with E-state index in [4.69, 9.17) is 9.72 Å². The first-order chi connectivity index (χ1) is 8.84.